The molecule has 2 rings (SSSR count). The van der Waals surface area contributed by atoms with Crippen molar-refractivity contribution in [3.8, 4) is 0 Å². The fraction of sp³-hybridized carbons (Fsp3) is 0.417. The molecule has 0 fully saturated rings. The molecule has 0 aromatic carbocycles. The average molecular weight is 235 g/mol. The Balaban J connectivity index is 1.97. The van der Waals surface area contributed by atoms with Gasteiger partial charge in [0.05, 0.1) is 12.0 Å². The van der Waals surface area contributed by atoms with E-state index in [0.29, 0.717) is 0 Å². The number of nitrogens with two attached hydrogens (primary N) is 1. The van der Waals surface area contributed by atoms with Crippen molar-refractivity contribution in [3.05, 3.63) is 40.6 Å². The second kappa shape index (κ2) is 5.27. The van der Waals surface area contributed by atoms with Crippen LogP contribution in [0.5, 0.6) is 0 Å². The molecule has 0 aliphatic heterocycles. The molecule has 2 aromatic heterocycles. The Bertz CT molecular complexity index is 419. The smallest absolute Gasteiger partial charge is 0.0952 e. The van der Waals surface area contributed by atoms with Gasteiger partial charge in [0, 0.05) is 25.2 Å². The number of hydrogen-bond donors (Lipinski definition) is 1. The van der Waals surface area contributed by atoms with Crippen LogP contribution in [0.15, 0.2) is 29.4 Å². The van der Waals surface area contributed by atoms with Crippen molar-refractivity contribution in [2.45, 2.75) is 32.4 Å². The van der Waals surface area contributed by atoms with Gasteiger partial charge < -0.3 is 10.3 Å². The standard InChI is InChI=1S/C12H17N3S/c1-2-11(13)5-12-7-15(9-14-12)6-10-3-4-16-8-10/h3-4,7-9,11H,2,5-6,13H2,1H3. The molecule has 86 valence electrons. The van der Waals surface area contributed by atoms with Crippen LogP contribution in [0.4, 0.5) is 0 Å². The molecular weight excluding hydrogens is 218 g/mol. The third-order valence-corrected chi connectivity index (χ3v) is 3.36. The van der Waals surface area contributed by atoms with Crippen molar-refractivity contribution in [1.82, 2.24) is 9.55 Å². The molecular formula is C12H17N3S. The van der Waals surface area contributed by atoms with Gasteiger partial charge >= 0.3 is 0 Å². The summed E-state index contributed by atoms with van der Waals surface area (Å²) in [7, 11) is 0. The molecule has 0 saturated carbocycles. The normalized spacial score (nSPS) is 12.9. The molecule has 2 aromatic rings. The zero-order valence-corrected chi connectivity index (χ0v) is 10.3. The first-order valence-electron chi connectivity index (χ1n) is 5.55. The van der Waals surface area contributed by atoms with Gasteiger partial charge in [-0.1, -0.05) is 6.92 Å². The minimum atomic E-state index is 0.226. The molecule has 2 N–H and O–H groups in total. The van der Waals surface area contributed by atoms with E-state index in [9.17, 15) is 0 Å². The maximum Gasteiger partial charge on any atom is 0.0952 e. The van der Waals surface area contributed by atoms with Crippen LogP contribution in [0.3, 0.4) is 0 Å². The van der Waals surface area contributed by atoms with E-state index in [0.717, 1.165) is 25.1 Å². The van der Waals surface area contributed by atoms with Gasteiger partial charge in [0.1, 0.15) is 0 Å². The second-order valence-electron chi connectivity index (χ2n) is 4.04. The maximum absolute atomic E-state index is 5.90. The summed E-state index contributed by atoms with van der Waals surface area (Å²) in [5.74, 6) is 0. The zero-order valence-electron chi connectivity index (χ0n) is 9.47. The minimum absolute atomic E-state index is 0.226. The molecule has 0 bridgehead atoms. The number of nitrogens with zero attached hydrogens (tertiary/aromatic N) is 2. The molecule has 16 heavy (non-hydrogen) atoms. The fourth-order valence-electron chi connectivity index (χ4n) is 1.60. The van der Waals surface area contributed by atoms with Gasteiger partial charge in [-0.3, -0.25) is 0 Å². The Kier molecular flexibility index (Phi) is 3.74. The van der Waals surface area contributed by atoms with Gasteiger partial charge in [-0.15, -0.1) is 0 Å². The molecule has 0 amide bonds. The Morgan fingerprint density at radius 1 is 1.56 bits per heavy atom. The quantitative estimate of drug-likeness (QED) is 0.864. The van der Waals surface area contributed by atoms with Crippen LogP contribution in [0.1, 0.15) is 24.6 Å². The van der Waals surface area contributed by atoms with E-state index in [-0.39, 0.29) is 6.04 Å². The van der Waals surface area contributed by atoms with Gasteiger partial charge in [-0.2, -0.15) is 11.3 Å². The summed E-state index contributed by atoms with van der Waals surface area (Å²) in [5.41, 5.74) is 8.32. The van der Waals surface area contributed by atoms with Gasteiger partial charge in [0.25, 0.3) is 0 Å². The van der Waals surface area contributed by atoms with Crippen LogP contribution in [-0.4, -0.2) is 15.6 Å². The SMILES string of the molecule is CCC(N)Cc1cn(Cc2ccsc2)cn1. The molecule has 2 heterocycles. The fourth-order valence-corrected chi connectivity index (χ4v) is 2.26. The highest BCUT2D eigenvalue weighted by Crippen LogP contribution is 2.09. The lowest BCUT2D eigenvalue weighted by molar-refractivity contribution is 0.638. The summed E-state index contributed by atoms with van der Waals surface area (Å²) in [6.45, 7) is 3.00. The summed E-state index contributed by atoms with van der Waals surface area (Å²) in [5, 5.41) is 4.26. The molecule has 0 spiro atoms. The van der Waals surface area contributed by atoms with Crippen LogP contribution in [-0.2, 0) is 13.0 Å². The summed E-state index contributed by atoms with van der Waals surface area (Å²) in [6.07, 6.45) is 5.84. The highest BCUT2D eigenvalue weighted by Gasteiger charge is 2.04. The first-order valence-corrected chi connectivity index (χ1v) is 6.49. The molecule has 0 aliphatic rings. The second-order valence-corrected chi connectivity index (χ2v) is 4.82. The monoisotopic (exact) mass is 235 g/mol. The largest absolute Gasteiger partial charge is 0.333 e. The van der Waals surface area contributed by atoms with E-state index in [4.69, 9.17) is 5.73 Å². The average Bonchev–Trinajstić information content (AvgIpc) is 2.91. The van der Waals surface area contributed by atoms with Crippen LogP contribution in [0.2, 0.25) is 0 Å². The lowest BCUT2D eigenvalue weighted by Crippen LogP contribution is -2.21. The van der Waals surface area contributed by atoms with Crippen LogP contribution in [0, 0.1) is 0 Å². The van der Waals surface area contributed by atoms with E-state index >= 15 is 0 Å². The summed E-state index contributed by atoms with van der Waals surface area (Å²) >= 11 is 1.73. The highest BCUT2D eigenvalue weighted by molar-refractivity contribution is 7.07. The summed E-state index contributed by atoms with van der Waals surface area (Å²) < 4.78 is 2.11. The highest BCUT2D eigenvalue weighted by atomic mass is 32.1. The van der Waals surface area contributed by atoms with E-state index in [1.807, 2.05) is 6.33 Å². The number of thiophene rings is 1. The number of imidazole rings is 1. The minimum Gasteiger partial charge on any atom is -0.333 e. The topological polar surface area (TPSA) is 43.8 Å². The Labute approximate surface area is 99.9 Å². The van der Waals surface area contributed by atoms with Crippen LogP contribution in [0.25, 0.3) is 0 Å². The van der Waals surface area contributed by atoms with Crippen molar-refractivity contribution in [2.75, 3.05) is 0 Å². The van der Waals surface area contributed by atoms with Crippen LogP contribution >= 0.6 is 11.3 Å². The predicted molar refractivity (Wildman–Crippen MR) is 67.6 cm³/mol. The van der Waals surface area contributed by atoms with E-state index < -0.39 is 0 Å². The van der Waals surface area contributed by atoms with Gasteiger partial charge in [-0.05, 0) is 28.8 Å². The summed E-state index contributed by atoms with van der Waals surface area (Å²) in [6, 6.07) is 2.37. The van der Waals surface area contributed by atoms with E-state index in [2.05, 4.69) is 39.5 Å². The summed E-state index contributed by atoms with van der Waals surface area (Å²) in [4.78, 5) is 4.37. The van der Waals surface area contributed by atoms with E-state index in [1.54, 1.807) is 11.3 Å². The zero-order chi connectivity index (χ0) is 11.4. The van der Waals surface area contributed by atoms with Crippen molar-refractivity contribution >= 4 is 11.3 Å². The molecule has 1 atom stereocenters. The van der Waals surface area contributed by atoms with Crippen molar-refractivity contribution in [2.24, 2.45) is 5.73 Å². The molecule has 0 radical (unpaired) electrons. The van der Waals surface area contributed by atoms with E-state index in [1.165, 1.54) is 5.56 Å². The molecule has 3 nitrogen and oxygen atoms in total. The van der Waals surface area contributed by atoms with Gasteiger partial charge in [0.15, 0.2) is 0 Å². The Morgan fingerprint density at radius 2 is 2.44 bits per heavy atom. The third-order valence-electron chi connectivity index (χ3n) is 2.63. The molecule has 4 heteroatoms. The van der Waals surface area contributed by atoms with Crippen LogP contribution < -0.4 is 5.73 Å². The molecule has 0 saturated heterocycles. The Hall–Kier alpha value is -1.13. The van der Waals surface area contributed by atoms with Gasteiger partial charge in [-0.25, -0.2) is 4.98 Å². The first kappa shape index (κ1) is 11.4. The lowest BCUT2D eigenvalue weighted by Gasteiger charge is -2.04. The number of rotatable bonds is 5. The van der Waals surface area contributed by atoms with Crippen molar-refractivity contribution < 1.29 is 0 Å². The third kappa shape index (κ3) is 2.93. The van der Waals surface area contributed by atoms with Gasteiger partial charge in [0.2, 0.25) is 0 Å². The maximum atomic E-state index is 5.90. The predicted octanol–water partition coefficient (Wildman–Crippen LogP) is 2.27. The number of aromatic nitrogens is 2. The first-order chi connectivity index (χ1) is 7.78. The lowest BCUT2D eigenvalue weighted by atomic mass is 10.1. The Morgan fingerprint density at radius 3 is 3.12 bits per heavy atom. The van der Waals surface area contributed by atoms with Crippen molar-refractivity contribution in [3.63, 3.8) is 0 Å². The molecule has 1 unspecified atom stereocenters. The van der Waals surface area contributed by atoms with Crippen molar-refractivity contribution in [1.29, 1.82) is 0 Å². The number of hydrogen-bond acceptors (Lipinski definition) is 3. The molecule has 0 aliphatic carbocycles.